The van der Waals surface area contributed by atoms with Gasteiger partial charge in [0.05, 0.1) is 6.10 Å². The minimum absolute atomic E-state index is 0.0278. The van der Waals surface area contributed by atoms with E-state index in [1.54, 1.807) is 0 Å². The minimum atomic E-state index is -0.303. The fourth-order valence-electron chi connectivity index (χ4n) is 1.90. The molecule has 0 radical (unpaired) electrons. The molecule has 82 valence electrons. The molecule has 0 spiro atoms. The number of aliphatic hydroxyl groups is 1. The normalized spacial score (nSPS) is 26.3. The van der Waals surface area contributed by atoms with Gasteiger partial charge in [0, 0.05) is 4.47 Å². The van der Waals surface area contributed by atoms with Crippen molar-refractivity contribution in [3.05, 3.63) is 28.7 Å². The Morgan fingerprint density at radius 3 is 2.47 bits per heavy atom. The summed E-state index contributed by atoms with van der Waals surface area (Å²) >= 11 is 3.38. The number of benzene rings is 1. The van der Waals surface area contributed by atoms with Crippen molar-refractivity contribution in [2.75, 3.05) is 0 Å². The molecule has 0 aliphatic heterocycles. The van der Waals surface area contributed by atoms with Gasteiger partial charge in [0.15, 0.2) is 0 Å². The van der Waals surface area contributed by atoms with Crippen LogP contribution in [0.15, 0.2) is 28.7 Å². The molecule has 1 aromatic rings. The highest BCUT2D eigenvalue weighted by Crippen LogP contribution is 2.24. The van der Waals surface area contributed by atoms with Gasteiger partial charge in [-0.15, -0.1) is 0 Å². The van der Waals surface area contributed by atoms with Gasteiger partial charge in [-0.2, -0.15) is 0 Å². The van der Waals surface area contributed by atoms with E-state index >= 15 is 0 Å². The second-order valence-electron chi connectivity index (χ2n) is 3.96. The lowest BCUT2D eigenvalue weighted by Crippen LogP contribution is -2.34. The van der Waals surface area contributed by atoms with Gasteiger partial charge in [-0.3, -0.25) is 0 Å². The van der Waals surface area contributed by atoms with Gasteiger partial charge in [0.2, 0.25) is 0 Å². The van der Waals surface area contributed by atoms with Crippen LogP contribution in [0, 0.1) is 0 Å². The number of hydrogen-bond acceptors (Lipinski definition) is 2. The molecule has 2 unspecified atom stereocenters. The summed E-state index contributed by atoms with van der Waals surface area (Å²) in [5, 5.41) is 9.75. The third-order valence-electron chi connectivity index (χ3n) is 2.77. The molecule has 1 fully saturated rings. The molecule has 1 N–H and O–H groups in total. The molecule has 1 aliphatic rings. The van der Waals surface area contributed by atoms with E-state index in [-0.39, 0.29) is 12.2 Å². The van der Waals surface area contributed by atoms with Gasteiger partial charge in [0.25, 0.3) is 0 Å². The summed E-state index contributed by atoms with van der Waals surface area (Å²) in [7, 11) is 0. The standard InChI is InChI=1S/C12H15BrO2/c13-9-5-7-10(8-6-9)15-12-4-2-1-3-11(12)14/h5-8,11-12,14H,1-4H2. The van der Waals surface area contributed by atoms with Crippen LogP contribution in [0.5, 0.6) is 5.75 Å². The smallest absolute Gasteiger partial charge is 0.124 e. The maximum absolute atomic E-state index is 9.75. The SMILES string of the molecule is OC1CCCCC1Oc1ccc(Br)cc1. The zero-order valence-electron chi connectivity index (χ0n) is 8.53. The van der Waals surface area contributed by atoms with Crippen molar-refractivity contribution in [1.29, 1.82) is 0 Å². The van der Waals surface area contributed by atoms with E-state index in [1.807, 2.05) is 24.3 Å². The van der Waals surface area contributed by atoms with Gasteiger partial charge in [-0.25, -0.2) is 0 Å². The van der Waals surface area contributed by atoms with Crippen molar-refractivity contribution in [1.82, 2.24) is 0 Å². The molecule has 3 heteroatoms. The van der Waals surface area contributed by atoms with Crippen LogP contribution in [0.1, 0.15) is 25.7 Å². The summed E-state index contributed by atoms with van der Waals surface area (Å²) < 4.78 is 6.79. The average molecular weight is 271 g/mol. The van der Waals surface area contributed by atoms with Crippen LogP contribution in [-0.2, 0) is 0 Å². The molecule has 1 aromatic carbocycles. The van der Waals surface area contributed by atoms with Crippen LogP contribution >= 0.6 is 15.9 Å². The molecular formula is C12H15BrO2. The maximum Gasteiger partial charge on any atom is 0.124 e. The van der Waals surface area contributed by atoms with E-state index in [2.05, 4.69) is 15.9 Å². The quantitative estimate of drug-likeness (QED) is 0.895. The highest BCUT2D eigenvalue weighted by atomic mass is 79.9. The Balaban J connectivity index is 1.98. The third kappa shape index (κ3) is 2.95. The van der Waals surface area contributed by atoms with Crippen LogP contribution < -0.4 is 4.74 Å². The van der Waals surface area contributed by atoms with Crippen LogP contribution in [0.3, 0.4) is 0 Å². The van der Waals surface area contributed by atoms with Crippen LogP contribution in [0.4, 0.5) is 0 Å². The predicted octanol–water partition coefficient (Wildman–Crippen LogP) is 3.13. The molecule has 0 amide bonds. The highest BCUT2D eigenvalue weighted by molar-refractivity contribution is 9.10. The van der Waals surface area contributed by atoms with Gasteiger partial charge in [-0.1, -0.05) is 22.4 Å². The van der Waals surface area contributed by atoms with Crippen LogP contribution in [0.2, 0.25) is 0 Å². The van der Waals surface area contributed by atoms with Gasteiger partial charge in [-0.05, 0) is 43.5 Å². The van der Waals surface area contributed by atoms with Crippen molar-refractivity contribution < 1.29 is 9.84 Å². The summed E-state index contributed by atoms with van der Waals surface area (Å²) in [6.45, 7) is 0. The number of ether oxygens (including phenoxy) is 1. The molecule has 2 rings (SSSR count). The van der Waals surface area contributed by atoms with Gasteiger partial charge in [0.1, 0.15) is 11.9 Å². The molecule has 2 nitrogen and oxygen atoms in total. The zero-order chi connectivity index (χ0) is 10.7. The Kier molecular flexibility index (Phi) is 3.65. The average Bonchev–Trinajstić information content (AvgIpc) is 2.25. The molecule has 0 heterocycles. The van der Waals surface area contributed by atoms with Crippen molar-refractivity contribution in [3.8, 4) is 5.75 Å². The molecule has 0 saturated heterocycles. The van der Waals surface area contributed by atoms with E-state index in [0.717, 1.165) is 35.9 Å². The highest BCUT2D eigenvalue weighted by Gasteiger charge is 2.24. The fraction of sp³-hybridized carbons (Fsp3) is 0.500. The second-order valence-corrected chi connectivity index (χ2v) is 4.88. The zero-order valence-corrected chi connectivity index (χ0v) is 10.1. The monoisotopic (exact) mass is 270 g/mol. The Hall–Kier alpha value is -0.540. The number of hydrogen-bond donors (Lipinski definition) is 1. The third-order valence-corrected chi connectivity index (χ3v) is 3.30. The minimum Gasteiger partial charge on any atom is -0.488 e. The van der Waals surface area contributed by atoms with Crippen LogP contribution in [0.25, 0.3) is 0 Å². The van der Waals surface area contributed by atoms with Crippen molar-refractivity contribution in [2.24, 2.45) is 0 Å². The van der Waals surface area contributed by atoms with Crippen molar-refractivity contribution in [3.63, 3.8) is 0 Å². The Bertz CT molecular complexity index is 310. The maximum atomic E-state index is 9.75. The summed E-state index contributed by atoms with van der Waals surface area (Å²) in [4.78, 5) is 0. The summed E-state index contributed by atoms with van der Waals surface area (Å²) in [5.74, 6) is 0.837. The molecule has 2 atom stereocenters. The molecule has 0 bridgehead atoms. The van der Waals surface area contributed by atoms with E-state index in [0.29, 0.717) is 0 Å². The summed E-state index contributed by atoms with van der Waals surface area (Å²) in [6, 6.07) is 7.74. The lowest BCUT2D eigenvalue weighted by atomic mass is 9.95. The van der Waals surface area contributed by atoms with E-state index in [9.17, 15) is 5.11 Å². The molecule has 1 saturated carbocycles. The molecule has 15 heavy (non-hydrogen) atoms. The lowest BCUT2D eigenvalue weighted by Gasteiger charge is -2.28. The van der Waals surface area contributed by atoms with Crippen molar-refractivity contribution >= 4 is 15.9 Å². The van der Waals surface area contributed by atoms with Gasteiger partial charge >= 0.3 is 0 Å². The topological polar surface area (TPSA) is 29.5 Å². The Morgan fingerprint density at radius 2 is 1.80 bits per heavy atom. The number of rotatable bonds is 2. The second kappa shape index (κ2) is 4.99. The van der Waals surface area contributed by atoms with Gasteiger partial charge < -0.3 is 9.84 Å². The predicted molar refractivity (Wildman–Crippen MR) is 63.0 cm³/mol. The van der Waals surface area contributed by atoms with Crippen molar-refractivity contribution in [2.45, 2.75) is 37.9 Å². The first-order chi connectivity index (χ1) is 7.25. The lowest BCUT2D eigenvalue weighted by molar-refractivity contribution is 0.00687. The first-order valence-electron chi connectivity index (χ1n) is 5.36. The number of aliphatic hydroxyl groups excluding tert-OH is 1. The first kappa shape index (κ1) is 11.0. The van der Waals surface area contributed by atoms with E-state index in [4.69, 9.17) is 4.74 Å². The Labute approximate surface area is 98.4 Å². The largest absolute Gasteiger partial charge is 0.488 e. The molecule has 1 aliphatic carbocycles. The Morgan fingerprint density at radius 1 is 1.13 bits per heavy atom. The van der Waals surface area contributed by atoms with E-state index < -0.39 is 0 Å². The fourth-order valence-corrected chi connectivity index (χ4v) is 2.17. The molecular weight excluding hydrogens is 256 g/mol. The molecule has 0 aromatic heterocycles. The summed E-state index contributed by atoms with van der Waals surface area (Å²) in [6.07, 6.45) is 3.75. The van der Waals surface area contributed by atoms with Crippen LogP contribution in [-0.4, -0.2) is 17.3 Å². The number of halogens is 1. The van der Waals surface area contributed by atoms with E-state index in [1.165, 1.54) is 0 Å². The summed E-state index contributed by atoms with van der Waals surface area (Å²) in [5.41, 5.74) is 0. The first-order valence-corrected chi connectivity index (χ1v) is 6.15.